The Hall–Kier alpha value is -1.65. The molecule has 1 atom stereocenters. The van der Waals surface area contributed by atoms with Crippen molar-refractivity contribution in [2.24, 2.45) is 5.92 Å². The minimum Gasteiger partial charge on any atom is -0.375 e. The molecule has 0 saturated carbocycles. The van der Waals surface area contributed by atoms with Crippen molar-refractivity contribution in [2.45, 2.75) is 32.1 Å². The molecule has 0 saturated heterocycles. The van der Waals surface area contributed by atoms with Crippen LogP contribution in [0, 0.1) is 5.92 Å². The number of hydrogen-bond acceptors (Lipinski definition) is 4. The van der Waals surface area contributed by atoms with E-state index in [0.717, 1.165) is 24.0 Å². The number of benzene rings is 1. The minimum absolute atomic E-state index is 0.746. The lowest BCUT2D eigenvalue weighted by atomic mass is 9.88. The molecule has 3 nitrogen and oxygen atoms in total. The van der Waals surface area contributed by atoms with Crippen LogP contribution < -0.4 is 5.73 Å². The number of nitrogens with zero attached hydrogens (tertiary/aromatic N) is 2. The summed E-state index contributed by atoms with van der Waals surface area (Å²) in [5.74, 6) is 0.803. The van der Waals surface area contributed by atoms with E-state index in [1.165, 1.54) is 60.5 Å². The van der Waals surface area contributed by atoms with Gasteiger partial charge in [-0.25, -0.2) is 4.98 Å². The van der Waals surface area contributed by atoms with Gasteiger partial charge in [-0.05, 0) is 55.7 Å². The predicted molar refractivity (Wildman–Crippen MR) is 102 cm³/mol. The number of hydrogen-bond donors (Lipinski definition) is 1. The Kier molecular flexibility index (Phi) is 4.67. The van der Waals surface area contributed by atoms with Crippen molar-refractivity contribution in [3.63, 3.8) is 0 Å². The van der Waals surface area contributed by atoms with Crippen molar-refractivity contribution in [1.29, 1.82) is 0 Å². The maximum atomic E-state index is 5.85. The number of aryl methyl sites for hydroxylation is 1. The maximum Gasteiger partial charge on any atom is 0.180 e. The fraction of sp³-hybridized carbons (Fsp3) is 0.450. The van der Waals surface area contributed by atoms with Crippen molar-refractivity contribution in [3.05, 3.63) is 52.5 Å². The summed E-state index contributed by atoms with van der Waals surface area (Å²) in [7, 11) is 0. The Morgan fingerprint density at radius 1 is 1.21 bits per heavy atom. The molecular formula is C20H25N3S. The Morgan fingerprint density at radius 2 is 2.08 bits per heavy atom. The highest BCUT2D eigenvalue weighted by atomic mass is 32.1. The summed E-state index contributed by atoms with van der Waals surface area (Å²) in [5, 5.41) is 0.746. The van der Waals surface area contributed by atoms with Gasteiger partial charge in [-0.15, -0.1) is 11.3 Å². The Balaban J connectivity index is 1.28. The van der Waals surface area contributed by atoms with E-state index in [1.807, 2.05) is 0 Å². The second kappa shape index (κ2) is 7.08. The molecule has 1 aromatic carbocycles. The summed E-state index contributed by atoms with van der Waals surface area (Å²) < 4.78 is 0. The number of nitrogen functional groups attached to an aromatic ring is 1. The second-order valence-corrected chi connectivity index (χ2v) is 8.08. The smallest absolute Gasteiger partial charge is 0.180 e. The monoisotopic (exact) mass is 339 g/mol. The summed E-state index contributed by atoms with van der Waals surface area (Å²) in [4.78, 5) is 8.49. The van der Waals surface area contributed by atoms with Gasteiger partial charge in [0, 0.05) is 18.0 Å². The van der Waals surface area contributed by atoms with E-state index in [-0.39, 0.29) is 0 Å². The Morgan fingerprint density at radius 3 is 2.88 bits per heavy atom. The molecule has 2 heterocycles. The maximum absolute atomic E-state index is 5.85. The quantitative estimate of drug-likeness (QED) is 0.915. The van der Waals surface area contributed by atoms with Gasteiger partial charge in [0.25, 0.3) is 0 Å². The first kappa shape index (κ1) is 15.9. The van der Waals surface area contributed by atoms with E-state index < -0.39 is 0 Å². The molecule has 0 radical (unpaired) electrons. The van der Waals surface area contributed by atoms with E-state index in [1.54, 1.807) is 11.3 Å². The van der Waals surface area contributed by atoms with E-state index >= 15 is 0 Å². The zero-order valence-corrected chi connectivity index (χ0v) is 14.9. The molecule has 2 N–H and O–H groups in total. The summed E-state index contributed by atoms with van der Waals surface area (Å²) in [5.41, 5.74) is 10.0. The molecule has 0 fully saturated rings. The SMILES string of the molecule is Nc1nc2c(s1)CC(CCN1CC=C(c3ccccc3)CC1)CC2. The standard InChI is InChI=1S/C20H25N3S/c21-20-22-18-7-6-15(14-19(18)24-20)8-11-23-12-9-17(10-13-23)16-4-2-1-3-5-16/h1-5,9,15H,6-8,10-14H2,(H2,21,22). The molecular weight excluding hydrogens is 314 g/mol. The van der Waals surface area contributed by atoms with Gasteiger partial charge >= 0.3 is 0 Å². The van der Waals surface area contributed by atoms with Crippen LogP contribution in [-0.2, 0) is 12.8 Å². The third-order valence-electron chi connectivity index (χ3n) is 5.35. The van der Waals surface area contributed by atoms with E-state index in [9.17, 15) is 0 Å². The lowest BCUT2D eigenvalue weighted by Gasteiger charge is -2.29. The average molecular weight is 340 g/mol. The van der Waals surface area contributed by atoms with Gasteiger partial charge < -0.3 is 5.73 Å². The first-order chi connectivity index (χ1) is 11.8. The second-order valence-electron chi connectivity index (χ2n) is 6.97. The highest BCUT2D eigenvalue weighted by Crippen LogP contribution is 2.32. The lowest BCUT2D eigenvalue weighted by molar-refractivity contribution is 0.265. The molecule has 2 aliphatic rings. The highest BCUT2D eigenvalue weighted by Gasteiger charge is 2.23. The van der Waals surface area contributed by atoms with E-state index in [2.05, 4.69) is 46.3 Å². The van der Waals surface area contributed by atoms with Crippen LogP contribution in [0.2, 0.25) is 0 Å². The van der Waals surface area contributed by atoms with Crippen LogP contribution in [0.1, 0.15) is 35.4 Å². The van der Waals surface area contributed by atoms with Gasteiger partial charge in [0.15, 0.2) is 5.13 Å². The van der Waals surface area contributed by atoms with Gasteiger partial charge in [0.1, 0.15) is 0 Å². The van der Waals surface area contributed by atoms with E-state index in [0.29, 0.717) is 0 Å². The molecule has 24 heavy (non-hydrogen) atoms. The summed E-state index contributed by atoms with van der Waals surface area (Å²) in [6.45, 7) is 3.49. The third kappa shape index (κ3) is 3.55. The fourth-order valence-corrected chi connectivity index (χ4v) is 4.90. The fourth-order valence-electron chi connectivity index (χ4n) is 3.90. The van der Waals surface area contributed by atoms with Crippen LogP contribution in [0.4, 0.5) is 5.13 Å². The van der Waals surface area contributed by atoms with Gasteiger partial charge in [0.2, 0.25) is 0 Å². The van der Waals surface area contributed by atoms with Crippen molar-refractivity contribution >= 4 is 22.0 Å². The first-order valence-corrected chi connectivity index (χ1v) is 9.80. The van der Waals surface area contributed by atoms with Crippen LogP contribution in [0.3, 0.4) is 0 Å². The molecule has 1 aliphatic carbocycles. The van der Waals surface area contributed by atoms with Crippen LogP contribution in [0.5, 0.6) is 0 Å². The Bertz CT molecular complexity index is 720. The highest BCUT2D eigenvalue weighted by molar-refractivity contribution is 7.15. The average Bonchev–Trinajstić information content (AvgIpc) is 3.00. The van der Waals surface area contributed by atoms with Crippen molar-refractivity contribution < 1.29 is 0 Å². The van der Waals surface area contributed by atoms with Crippen molar-refractivity contribution in [3.8, 4) is 0 Å². The number of aromatic nitrogens is 1. The van der Waals surface area contributed by atoms with Gasteiger partial charge in [-0.3, -0.25) is 4.90 Å². The molecule has 4 rings (SSSR count). The molecule has 0 amide bonds. The van der Waals surface area contributed by atoms with Crippen LogP contribution in [-0.4, -0.2) is 29.5 Å². The molecule has 1 unspecified atom stereocenters. The van der Waals surface area contributed by atoms with Gasteiger partial charge in [0.05, 0.1) is 5.69 Å². The molecule has 1 aliphatic heterocycles. The van der Waals surface area contributed by atoms with Crippen LogP contribution >= 0.6 is 11.3 Å². The zero-order valence-electron chi connectivity index (χ0n) is 14.1. The topological polar surface area (TPSA) is 42.1 Å². The first-order valence-electron chi connectivity index (χ1n) is 8.99. The van der Waals surface area contributed by atoms with Gasteiger partial charge in [-0.2, -0.15) is 0 Å². The molecule has 126 valence electrons. The number of nitrogens with two attached hydrogens (primary N) is 1. The van der Waals surface area contributed by atoms with Crippen molar-refractivity contribution in [1.82, 2.24) is 9.88 Å². The van der Waals surface area contributed by atoms with Crippen molar-refractivity contribution in [2.75, 3.05) is 25.4 Å². The Labute approximate surface area is 148 Å². The summed E-state index contributed by atoms with van der Waals surface area (Å²) in [6.07, 6.45) is 8.46. The zero-order chi connectivity index (χ0) is 16.4. The van der Waals surface area contributed by atoms with Crippen LogP contribution in [0.25, 0.3) is 5.57 Å². The predicted octanol–water partition coefficient (Wildman–Crippen LogP) is 4.01. The number of rotatable bonds is 4. The minimum atomic E-state index is 0.746. The molecule has 1 aromatic heterocycles. The number of thiazole rings is 1. The normalized spacial score (nSPS) is 21.3. The molecule has 2 aromatic rings. The lowest BCUT2D eigenvalue weighted by Crippen LogP contribution is -2.31. The molecule has 4 heteroatoms. The third-order valence-corrected chi connectivity index (χ3v) is 6.30. The molecule has 0 spiro atoms. The summed E-state index contributed by atoms with van der Waals surface area (Å²) in [6, 6.07) is 10.8. The summed E-state index contributed by atoms with van der Waals surface area (Å²) >= 11 is 1.70. The molecule has 0 bridgehead atoms. The van der Waals surface area contributed by atoms with E-state index in [4.69, 9.17) is 5.73 Å². The van der Waals surface area contributed by atoms with Crippen LogP contribution in [0.15, 0.2) is 36.4 Å². The van der Waals surface area contributed by atoms with Gasteiger partial charge in [-0.1, -0.05) is 36.4 Å². The number of fused-ring (bicyclic) bond motifs is 1. The largest absolute Gasteiger partial charge is 0.375 e. The number of anilines is 1.